The van der Waals surface area contributed by atoms with E-state index in [2.05, 4.69) is 20.9 Å². The second-order valence-corrected chi connectivity index (χ2v) is 6.08. The number of carbonyl (C=O) groups is 1. The number of amides is 2. The van der Waals surface area contributed by atoms with Crippen LogP contribution in [0.5, 0.6) is 0 Å². The molecule has 21 heavy (non-hydrogen) atoms. The number of thiophene rings is 1. The smallest absolute Gasteiger partial charge is 0.315 e. The molecule has 3 rings (SSSR count). The average molecular weight is 305 g/mol. The molecule has 0 aliphatic heterocycles. The van der Waals surface area contributed by atoms with E-state index < -0.39 is 0 Å². The van der Waals surface area contributed by atoms with Gasteiger partial charge in [0.05, 0.1) is 18.4 Å². The maximum Gasteiger partial charge on any atom is 0.315 e. The molecule has 2 aromatic rings. The molecule has 0 aromatic carbocycles. The average Bonchev–Trinajstić information content (AvgIpc) is 3.17. The van der Waals surface area contributed by atoms with E-state index in [0.29, 0.717) is 12.6 Å². The Kier molecular flexibility index (Phi) is 4.49. The minimum absolute atomic E-state index is 0.119. The summed E-state index contributed by atoms with van der Waals surface area (Å²) in [6.07, 6.45) is 7.71. The highest BCUT2D eigenvalue weighted by Gasteiger charge is 2.15. The maximum atomic E-state index is 11.8. The zero-order valence-electron chi connectivity index (χ0n) is 11.8. The van der Waals surface area contributed by atoms with E-state index in [1.807, 2.05) is 23.0 Å². The highest BCUT2D eigenvalue weighted by atomic mass is 32.1. The van der Waals surface area contributed by atoms with Crippen molar-refractivity contribution in [2.45, 2.75) is 44.7 Å². The van der Waals surface area contributed by atoms with Crippen LogP contribution in [0.4, 0.5) is 4.79 Å². The first-order valence-corrected chi connectivity index (χ1v) is 8.24. The molecular weight excluding hydrogens is 286 g/mol. The summed E-state index contributed by atoms with van der Waals surface area (Å²) in [6, 6.07) is 2.18. The number of hydrogen-bond donors (Lipinski definition) is 2. The highest BCUT2D eigenvalue weighted by Crippen LogP contribution is 2.17. The van der Waals surface area contributed by atoms with Crippen LogP contribution in [-0.4, -0.2) is 27.1 Å². The first-order chi connectivity index (χ1) is 10.3. The fourth-order valence-corrected chi connectivity index (χ4v) is 3.17. The largest absolute Gasteiger partial charge is 0.335 e. The number of hydrogen-bond acceptors (Lipinski definition) is 4. The number of nitrogens with one attached hydrogen (secondary N) is 2. The van der Waals surface area contributed by atoms with Crippen molar-refractivity contribution in [2.75, 3.05) is 0 Å². The summed E-state index contributed by atoms with van der Waals surface area (Å²) in [5, 5.41) is 18.0. The molecule has 2 heterocycles. The topological polar surface area (TPSA) is 71.8 Å². The lowest BCUT2D eigenvalue weighted by Gasteiger charge is -2.22. The van der Waals surface area contributed by atoms with Crippen LogP contribution in [0.15, 0.2) is 23.0 Å². The Morgan fingerprint density at radius 2 is 2.24 bits per heavy atom. The van der Waals surface area contributed by atoms with Crippen LogP contribution < -0.4 is 10.6 Å². The molecule has 0 atom stereocenters. The molecule has 0 spiro atoms. The predicted molar refractivity (Wildman–Crippen MR) is 81.5 cm³/mol. The van der Waals surface area contributed by atoms with E-state index >= 15 is 0 Å². The van der Waals surface area contributed by atoms with Gasteiger partial charge in [0.1, 0.15) is 5.69 Å². The molecule has 0 saturated heterocycles. The normalized spacial score (nSPS) is 15.8. The number of carbonyl (C=O) groups excluding carboxylic acids is 1. The molecule has 2 N–H and O–H groups in total. The maximum absolute atomic E-state index is 11.8. The summed E-state index contributed by atoms with van der Waals surface area (Å²) < 4.78 is 1.71. The van der Waals surface area contributed by atoms with Gasteiger partial charge in [-0.25, -0.2) is 9.48 Å². The van der Waals surface area contributed by atoms with Crippen molar-refractivity contribution in [3.63, 3.8) is 0 Å². The number of nitrogens with zero attached hydrogens (tertiary/aromatic N) is 3. The van der Waals surface area contributed by atoms with Crippen LogP contribution in [0.3, 0.4) is 0 Å². The molecule has 0 unspecified atom stereocenters. The molecule has 6 nitrogen and oxygen atoms in total. The van der Waals surface area contributed by atoms with Gasteiger partial charge >= 0.3 is 6.03 Å². The Bertz CT molecular complexity index is 574. The quantitative estimate of drug-likeness (QED) is 0.911. The number of aromatic nitrogens is 3. The third-order valence-electron chi connectivity index (χ3n) is 3.68. The van der Waals surface area contributed by atoms with E-state index in [0.717, 1.165) is 24.2 Å². The van der Waals surface area contributed by atoms with Crippen molar-refractivity contribution in [1.29, 1.82) is 0 Å². The van der Waals surface area contributed by atoms with E-state index in [1.165, 1.54) is 19.3 Å². The van der Waals surface area contributed by atoms with E-state index in [9.17, 15) is 4.79 Å². The standard InChI is InChI=1S/C14H19N5OS/c20-14(16-11-4-2-1-3-5-11)15-8-12-9-19(18-17-12)13-6-7-21-10-13/h6-7,9-11H,1-5,8H2,(H2,15,16,20). The van der Waals surface area contributed by atoms with Crippen LogP contribution in [0.25, 0.3) is 5.69 Å². The third-order valence-corrected chi connectivity index (χ3v) is 4.35. The van der Waals surface area contributed by atoms with Gasteiger partial charge in [-0.1, -0.05) is 24.5 Å². The molecule has 112 valence electrons. The molecule has 7 heteroatoms. The number of rotatable bonds is 4. The predicted octanol–water partition coefficient (Wildman–Crippen LogP) is 2.46. The molecule has 0 bridgehead atoms. The highest BCUT2D eigenvalue weighted by molar-refractivity contribution is 7.08. The monoisotopic (exact) mass is 305 g/mol. The summed E-state index contributed by atoms with van der Waals surface area (Å²) in [5.74, 6) is 0. The van der Waals surface area contributed by atoms with Crippen LogP contribution in [0, 0.1) is 0 Å². The summed E-state index contributed by atoms with van der Waals surface area (Å²) in [5.41, 5.74) is 1.74. The first-order valence-electron chi connectivity index (χ1n) is 7.29. The minimum atomic E-state index is -0.119. The van der Waals surface area contributed by atoms with Gasteiger partial charge in [0.2, 0.25) is 0 Å². The minimum Gasteiger partial charge on any atom is -0.335 e. The first kappa shape index (κ1) is 14.1. The summed E-state index contributed by atoms with van der Waals surface area (Å²) in [7, 11) is 0. The van der Waals surface area contributed by atoms with Gasteiger partial charge in [-0.2, -0.15) is 11.3 Å². The molecule has 2 aromatic heterocycles. The summed E-state index contributed by atoms with van der Waals surface area (Å²) in [6.45, 7) is 0.392. The molecule has 1 fully saturated rings. The molecule has 0 radical (unpaired) electrons. The van der Waals surface area contributed by atoms with Crippen molar-refractivity contribution in [1.82, 2.24) is 25.6 Å². The lowest BCUT2D eigenvalue weighted by Crippen LogP contribution is -2.42. The van der Waals surface area contributed by atoms with Gasteiger partial charge in [-0.15, -0.1) is 5.10 Å². The van der Waals surface area contributed by atoms with Crippen molar-refractivity contribution in [3.8, 4) is 5.69 Å². The summed E-state index contributed by atoms with van der Waals surface area (Å²) >= 11 is 1.61. The molecule has 2 amide bonds. The zero-order valence-corrected chi connectivity index (χ0v) is 12.6. The molecule has 1 saturated carbocycles. The van der Waals surface area contributed by atoms with Crippen molar-refractivity contribution >= 4 is 17.4 Å². The van der Waals surface area contributed by atoms with Gasteiger partial charge in [0.15, 0.2) is 0 Å². The van der Waals surface area contributed by atoms with Crippen LogP contribution in [0.2, 0.25) is 0 Å². The fraction of sp³-hybridized carbons (Fsp3) is 0.500. The summed E-state index contributed by atoms with van der Waals surface area (Å²) in [4.78, 5) is 11.8. The van der Waals surface area contributed by atoms with Gasteiger partial charge in [0.25, 0.3) is 0 Å². The zero-order chi connectivity index (χ0) is 14.5. The van der Waals surface area contributed by atoms with Crippen molar-refractivity contribution < 1.29 is 4.79 Å². The number of urea groups is 1. The Balaban J connectivity index is 1.47. The Morgan fingerprint density at radius 1 is 1.38 bits per heavy atom. The van der Waals surface area contributed by atoms with Gasteiger partial charge in [-0.05, 0) is 24.3 Å². The fourth-order valence-electron chi connectivity index (χ4n) is 2.55. The Morgan fingerprint density at radius 3 is 3.00 bits per heavy atom. The van der Waals surface area contributed by atoms with Crippen molar-refractivity contribution in [3.05, 3.63) is 28.7 Å². The van der Waals surface area contributed by atoms with Crippen molar-refractivity contribution in [2.24, 2.45) is 0 Å². The van der Waals surface area contributed by atoms with Gasteiger partial charge in [0, 0.05) is 11.4 Å². The van der Waals surface area contributed by atoms with Gasteiger partial charge < -0.3 is 10.6 Å². The van der Waals surface area contributed by atoms with Crippen LogP contribution in [-0.2, 0) is 6.54 Å². The third kappa shape index (κ3) is 3.81. The molecular formula is C14H19N5OS. The van der Waals surface area contributed by atoms with E-state index in [4.69, 9.17) is 0 Å². The second-order valence-electron chi connectivity index (χ2n) is 5.30. The second kappa shape index (κ2) is 6.71. The Hall–Kier alpha value is -1.89. The van der Waals surface area contributed by atoms with E-state index in [-0.39, 0.29) is 6.03 Å². The van der Waals surface area contributed by atoms with Crippen LogP contribution in [0.1, 0.15) is 37.8 Å². The lowest BCUT2D eigenvalue weighted by atomic mass is 9.96. The lowest BCUT2D eigenvalue weighted by molar-refractivity contribution is 0.232. The van der Waals surface area contributed by atoms with E-state index in [1.54, 1.807) is 16.0 Å². The molecule has 1 aliphatic rings. The van der Waals surface area contributed by atoms with Gasteiger partial charge in [-0.3, -0.25) is 0 Å². The molecule has 1 aliphatic carbocycles. The van der Waals surface area contributed by atoms with Crippen LogP contribution >= 0.6 is 11.3 Å². The Labute approximate surface area is 127 Å². The SMILES string of the molecule is O=C(NCc1cn(-c2ccsc2)nn1)NC1CCCCC1.